The number of rotatable bonds is 4. The number of aromatic carboxylic acids is 1. The van der Waals surface area contributed by atoms with E-state index >= 15 is 0 Å². The number of nitro groups is 1. The second kappa shape index (κ2) is 5.78. The van der Waals surface area contributed by atoms with E-state index in [-0.39, 0.29) is 22.5 Å². The van der Waals surface area contributed by atoms with Crippen LogP contribution in [0.2, 0.25) is 0 Å². The van der Waals surface area contributed by atoms with Crippen molar-refractivity contribution in [3.63, 3.8) is 0 Å². The normalized spacial score (nSPS) is 9.90. The molecule has 1 heterocycles. The van der Waals surface area contributed by atoms with E-state index in [1.807, 2.05) is 0 Å². The van der Waals surface area contributed by atoms with Gasteiger partial charge in [-0.05, 0) is 18.2 Å². The van der Waals surface area contributed by atoms with Gasteiger partial charge in [0.25, 0.3) is 11.6 Å². The summed E-state index contributed by atoms with van der Waals surface area (Å²) >= 11 is 0. The number of hydrogen-bond acceptors (Lipinski definition) is 5. The first-order chi connectivity index (χ1) is 9.99. The average molecular weight is 287 g/mol. The summed E-state index contributed by atoms with van der Waals surface area (Å²) in [4.78, 5) is 36.7. The standard InChI is InChI=1S/C13H9N3O5/c17-12(8-1-3-9(4-2-8)16(20)21)15-11-7-14-6-5-10(11)13(18)19/h1-7H,(H,15,17)(H,18,19). The van der Waals surface area contributed by atoms with E-state index in [4.69, 9.17) is 5.11 Å². The van der Waals surface area contributed by atoms with E-state index in [0.717, 1.165) is 0 Å². The molecule has 0 spiro atoms. The molecule has 2 aromatic rings. The van der Waals surface area contributed by atoms with E-state index in [1.165, 1.54) is 42.7 Å². The molecule has 0 fully saturated rings. The van der Waals surface area contributed by atoms with Gasteiger partial charge in [-0.2, -0.15) is 0 Å². The second-order valence-corrected chi connectivity index (χ2v) is 3.98. The zero-order chi connectivity index (χ0) is 15.4. The van der Waals surface area contributed by atoms with Gasteiger partial charge in [0, 0.05) is 23.9 Å². The van der Waals surface area contributed by atoms with Crippen molar-refractivity contribution < 1.29 is 19.6 Å². The van der Waals surface area contributed by atoms with Gasteiger partial charge in [-0.1, -0.05) is 0 Å². The Kier molecular flexibility index (Phi) is 3.89. The molecule has 0 saturated heterocycles. The number of nitro benzene ring substituents is 1. The summed E-state index contributed by atoms with van der Waals surface area (Å²) in [5, 5.41) is 21.9. The number of carbonyl (C=O) groups is 2. The summed E-state index contributed by atoms with van der Waals surface area (Å²) in [6.45, 7) is 0. The van der Waals surface area contributed by atoms with Crippen LogP contribution >= 0.6 is 0 Å². The molecule has 0 saturated carbocycles. The second-order valence-electron chi connectivity index (χ2n) is 3.98. The third kappa shape index (κ3) is 3.18. The van der Waals surface area contributed by atoms with Crippen molar-refractivity contribution >= 4 is 23.3 Å². The van der Waals surface area contributed by atoms with Crippen molar-refractivity contribution in [3.05, 3.63) is 64.0 Å². The Bertz CT molecular complexity index is 712. The van der Waals surface area contributed by atoms with Crippen LogP contribution in [0.25, 0.3) is 0 Å². The third-order valence-corrected chi connectivity index (χ3v) is 2.64. The highest BCUT2D eigenvalue weighted by molar-refractivity contribution is 6.07. The Morgan fingerprint density at radius 2 is 1.86 bits per heavy atom. The summed E-state index contributed by atoms with van der Waals surface area (Å²) in [6, 6.07) is 6.20. The maximum atomic E-state index is 12.0. The van der Waals surface area contributed by atoms with E-state index in [1.54, 1.807) is 0 Å². The lowest BCUT2D eigenvalue weighted by atomic mass is 10.1. The van der Waals surface area contributed by atoms with Crippen molar-refractivity contribution in [2.75, 3.05) is 5.32 Å². The molecule has 0 atom stereocenters. The van der Waals surface area contributed by atoms with E-state index in [0.29, 0.717) is 0 Å². The van der Waals surface area contributed by atoms with Crippen LogP contribution in [0, 0.1) is 10.1 Å². The largest absolute Gasteiger partial charge is 0.478 e. The average Bonchev–Trinajstić information content (AvgIpc) is 2.47. The smallest absolute Gasteiger partial charge is 0.337 e. The summed E-state index contributed by atoms with van der Waals surface area (Å²) in [5.41, 5.74) is -0.0199. The molecule has 2 N–H and O–H groups in total. The molecule has 0 radical (unpaired) electrons. The SMILES string of the molecule is O=C(Nc1cnccc1C(=O)O)c1ccc([N+](=O)[O-])cc1. The van der Waals surface area contributed by atoms with Gasteiger partial charge < -0.3 is 10.4 Å². The van der Waals surface area contributed by atoms with Crippen LogP contribution in [0.15, 0.2) is 42.7 Å². The molecule has 8 nitrogen and oxygen atoms in total. The number of carbonyl (C=O) groups excluding carboxylic acids is 1. The molecule has 0 aliphatic heterocycles. The first kappa shape index (κ1) is 14.1. The zero-order valence-electron chi connectivity index (χ0n) is 10.5. The minimum absolute atomic E-state index is 0.0494. The van der Waals surface area contributed by atoms with Crippen LogP contribution in [-0.2, 0) is 0 Å². The van der Waals surface area contributed by atoms with Gasteiger partial charge in [0.05, 0.1) is 22.4 Å². The number of nitrogens with one attached hydrogen (secondary N) is 1. The highest BCUT2D eigenvalue weighted by Gasteiger charge is 2.14. The highest BCUT2D eigenvalue weighted by Crippen LogP contribution is 2.16. The molecule has 21 heavy (non-hydrogen) atoms. The first-order valence-electron chi connectivity index (χ1n) is 5.72. The fourth-order valence-corrected chi connectivity index (χ4v) is 1.61. The van der Waals surface area contributed by atoms with Gasteiger partial charge >= 0.3 is 5.97 Å². The van der Waals surface area contributed by atoms with Crippen LogP contribution < -0.4 is 5.32 Å². The molecule has 0 bridgehead atoms. The van der Waals surface area contributed by atoms with Gasteiger partial charge in [-0.15, -0.1) is 0 Å². The zero-order valence-corrected chi connectivity index (χ0v) is 10.5. The van der Waals surface area contributed by atoms with Crippen LogP contribution in [0.3, 0.4) is 0 Å². The van der Waals surface area contributed by atoms with Gasteiger partial charge in [0.1, 0.15) is 0 Å². The minimum atomic E-state index is -1.20. The molecular formula is C13H9N3O5. The number of hydrogen-bond donors (Lipinski definition) is 2. The molecule has 1 aromatic heterocycles. The summed E-state index contributed by atoms with van der Waals surface area (Å²) in [6.07, 6.45) is 2.51. The Hall–Kier alpha value is -3.29. The lowest BCUT2D eigenvalue weighted by Gasteiger charge is -2.07. The molecule has 1 amide bonds. The molecule has 0 aliphatic rings. The molecule has 1 aromatic carbocycles. The Labute approximate surface area is 118 Å². The van der Waals surface area contributed by atoms with Crippen molar-refractivity contribution in [3.8, 4) is 0 Å². The Morgan fingerprint density at radius 1 is 1.19 bits per heavy atom. The van der Waals surface area contributed by atoms with E-state index < -0.39 is 16.8 Å². The third-order valence-electron chi connectivity index (χ3n) is 2.64. The summed E-state index contributed by atoms with van der Waals surface area (Å²) in [7, 11) is 0. The van der Waals surface area contributed by atoms with Gasteiger partial charge in [0.15, 0.2) is 0 Å². The minimum Gasteiger partial charge on any atom is -0.478 e. The molecule has 0 aliphatic carbocycles. The Morgan fingerprint density at radius 3 is 2.43 bits per heavy atom. The molecular weight excluding hydrogens is 278 g/mol. The number of aromatic nitrogens is 1. The summed E-state index contributed by atoms with van der Waals surface area (Å²) in [5.74, 6) is -1.78. The van der Waals surface area contributed by atoms with Crippen LogP contribution in [0.1, 0.15) is 20.7 Å². The predicted molar refractivity (Wildman–Crippen MR) is 72.2 cm³/mol. The number of pyridine rings is 1. The monoisotopic (exact) mass is 287 g/mol. The predicted octanol–water partition coefficient (Wildman–Crippen LogP) is 1.94. The van der Waals surface area contributed by atoms with Gasteiger partial charge in [0.2, 0.25) is 0 Å². The maximum absolute atomic E-state index is 12.0. The van der Waals surface area contributed by atoms with Crippen molar-refractivity contribution in [1.29, 1.82) is 0 Å². The van der Waals surface area contributed by atoms with Gasteiger partial charge in [-0.25, -0.2) is 4.79 Å². The lowest BCUT2D eigenvalue weighted by molar-refractivity contribution is -0.384. The topological polar surface area (TPSA) is 122 Å². The van der Waals surface area contributed by atoms with Crippen LogP contribution in [0.5, 0.6) is 0 Å². The Balaban J connectivity index is 2.22. The number of nitrogens with zero attached hydrogens (tertiary/aromatic N) is 2. The van der Waals surface area contributed by atoms with Crippen LogP contribution in [0.4, 0.5) is 11.4 Å². The van der Waals surface area contributed by atoms with Crippen LogP contribution in [-0.4, -0.2) is 26.9 Å². The number of carboxylic acids is 1. The number of benzene rings is 1. The number of anilines is 1. The number of amides is 1. The fraction of sp³-hybridized carbons (Fsp3) is 0. The molecule has 106 valence electrons. The molecule has 0 unspecified atom stereocenters. The molecule has 2 rings (SSSR count). The maximum Gasteiger partial charge on any atom is 0.337 e. The van der Waals surface area contributed by atoms with Gasteiger partial charge in [-0.3, -0.25) is 19.9 Å². The lowest BCUT2D eigenvalue weighted by Crippen LogP contribution is -2.15. The van der Waals surface area contributed by atoms with E-state index in [9.17, 15) is 19.7 Å². The van der Waals surface area contributed by atoms with Crippen molar-refractivity contribution in [2.45, 2.75) is 0 Å². The fourth-order valence-electron chi connectivity index (χ4n) is 1.61. The van der Waals surface area contributed by atoms with Crippen molar-refractivity contribution in [2.24, 2.45) is 0 Å². The first-order valence-corrected chi connectivity index (χ1v) is 5.72. The van der Waals surface area contributed by atoms with E-state index in [2.05, 4.69) is 10.3 Å². The quantitative estimate of drug-likeness (QED) is 0.654. The number of carboxylic acid groups (broad SMARTS) is 1. The van der Waals surface area contributed by atoms with Crippen molar-refractivity contribution in [1.82, 2.24) is 4.98 Å². The number of non-ortho nitro benzene ring substituents is 1. The summed E-state index contributed by atoms with van der Waals surface area (Å²) < 4.78 is 0. The highest BCUT2D eigenvalue weighted by atomic mass is 16.6. The molecule has 8 heteroatoms.